The molecule has 1 aliphatic rings. The van der Waals surface area contributed by atoms with Crippen molar-refractivity contribution in [2.75, 3.05) is 12.4 Å². The number of rotatable bonds is 5. The number of benzene rings is 1. The highest BCUT2D eigenvalue weighted by Gasteiger charge is 2.26. The summed E-state index contributed by atoms with van der Waals surface area (Å²) in [5.41, 5.74) is 2.53. The highest BCUT2D eigenvalue weighted by Crippen LogP contribution is 2.38. The summed E-state index contributed by atoms with van der Waals surface area (Å²) >= 11 is 0. The lowest BCUT2D eigenvalue weighted by Gasteiger charge is -2.22. The molecule has 3 heterocycles. The van der Waals surface area contributed by atoms with Crippen LogP contribution in [0.25, 0.3) is 16.7 Å². The molecule has 1 N–H and O–H groups in total. The fourth-order valence-electron chi connectivity index (χ4n) is 4.09. The lowest BCUT2D eigenvalue weighted by atomic mass is 9.83. The number of fused-ring (bicyclic) bond motifs is 2. The molecule has 5 rings (SSSR count). The van der Waals surface area contributed by atoms with Crippen LogP contribution in [0.15, 0.2) is 41.2 Å². The fourth-order valence-corrected chi connectivity index (χ4v) is 4.09. The van der Waals surface area contributed by atoms with Crippen LogP contribution in [-0.4, -0.2) is 38.9 Å². The van der Waals surface area contributed by atoms with Gasteiger partial charge in [0.2, 0.25) is 0 Å². The van der Waals surface area contributed by atoms with E-state index in [2.05, 4.69) is 20.4 Å². The molecule has 9 heteroatoms. The Hall–Kier alpha value is -3.75. The third-order valence-corrected chi connectivity index (χ3v) is 5.81. The number of methoxy groups -OCH3 is 1. The van der Waals surface area contributed by atoms with E-state index in [1.807, 2.05) is 0 Å². The third-order valence-electron chi connectivity index (χ3n) is 5.81. The van der Waals surface area contributed by atoms with Crippen molar-refractivity contribution in [1.29, 1.82) is 0 Å². The Kier molecular flexibility index (Phi) is 4.85. The van der Waals surface area contributed by atoms with Gasteiger partial charge in [-0.25, -0.2) is 14.5 Å². The summed E-state index contributed by atoms with van der Waals surface area (Å²) in [6.07, 6.45) is 9.31. The highest BCUT2D eigenvalue weighted by molar-refractivity contribution is 6.09. The van der Waals surface area contributed by atoms with Gasteiger partial charge in [0, 0.05) is 36.4 Å². The Morgan fingerprint density at radius 2 is 2.13 bits per heavy atom. The lowest BCUT2D eigenvalue weighted by Crippen LogP contribution is -2.14. The zero-order chi connectivity index (χ0) is 21.4. The molecule has 1 aliphatic carbocycles. The van der Waals surface area contributed by atoms with Gasteiger partial charge in [-0.15, -0.1) is 0 Å². The number of hydrogen-bond donors (Lipinski definition) is 1. The van der Waals surface area contributed by atoms with Gasteiger partial charge in [0.25, 0.3) is 5.91 Å². The summed E-state index contributed by atoms with van der Waals surface area (Å²) in [7, 11) is 1.54. The van der Waals surface area contributed by atoms with Gasteiger partial charge < -0.3 is 19.3 Å². The molecule has 0 aliphatic heterocycles. The van der Waals surface area contributed by atoms with Crippen molar-refractivity contribution in [3.8, 4) is 5.75 Å². The average molecular weight is 419 g/mol. The maximum absolute atomic E-state index is 12.9. The van der Waals surface area contributed by atoms with E-state index in [1.165, 1.54) is 17.8 Å². The molecule has 1 amide bonds. The summed E-state index contributed by atoms with van der Waals surface area (Å²) in [5.74, 6) is 1.12. The SMILES string of the molecule is COc1cc2nc([C@H]3CC[C@H](C=O)CC3)oc2cc1NC(=O)c1cnn2cccnc12. The Morgan fingerprint density at radius 3 is 2.90 bits per heavy atom. The number of nitrogens with one attached hydrogen (secondary N) is 1. The van der Waals surface area contributed by atoms with Gasteiger partial charge in [0.1, 0.15) is 23.1 Å². The molecule has 158 valence electrons. The Labute approximate surface area is 177 Å². The molecule has 0 radical (unpaired) electrons. The number of nitrogens with zero attached hydrogens (tertiary/aromatic N) is 4. The van der Waals surface area contributed by atoms with Crippen LogP contribution in [0.1, 0.15) is 47.8 Å². The topological polar surface area (TPSA) is 112 Å². The molecule has 0 saturated heterocycles. The average Bonchev–Trinajstić information content (AvgIpc) is 3.42. The summed E-state index contributed by atoms with van der Waals surface area (Å²) in [4.78, 5) is 32.7. The Morgan fingerprint density at radius 1 is 1.29 bits per heavy atom. The molecule has 0 bridgehead atoms. The van der Waals surface area contributed by atoms with Gasteiger partial charge in [-0.1, -0.05) is 0 Å². The maximum Gasteiger partial charge on any atom is 0.261 e. The number of carbonyl (C=O) groups excluding carboxylic acids is 2. The first-order valence-electron chi connectivity index (χ1n) is 10.2. The normalized spacial score (nSPS) is 18.9. The van der Waals surface area contributed by atoms with Crippen molar-refractivity contribution < 1.29 is 18.7 Å². The van der Waals surface area contributed by atoms with Crippen LogP contribution in [0.3, 0.4) is 0 Å². The van der Waals surface area contributed by atoms with Gasteiger partial charge in [0.15, 0.2) is 17.1 Å². The van der Waals surface area contributed by atoms with Crippen molar-refractivity contribution >= 4 is 34.6 Å². The summed E-state index contributed by atoms with van der Waals surface area (Å²) in [6, 6.07) is 5.22. The number of amides is 1. The van der Waals surface area contributed by atoms with Gasteiger partial charge in [-0.2, -0.15) is 5.10 Å². The van der Waals surface area contributed by atoms with Crippen molar-refractivity contribution in [1.82, 2.24) is 19.6 Å². The molecule has 0 spiro atoms. The molecule has 0 unspecified atom stereocenters. The summed E-state index contributed by atoms with van der Waals surface area (Å²) in [6.45, 7) is 0. The predicted molar refractivity (Wildman–Crippen MR) is 112 cm³/mol. The number of oxazole rings is 1. The zero-order valence-corrected chi connectivity index (χ0v) is 16.9. The molecule has 3 aromatic heterocycles. The molecule has 9 nitrogen and oxygen atoms in total. The maximum atomic E-state index is 12.9. The Bertz CT molecular complexity index is 1270. The third kappa shape index (κ3) is 3.52. The number of ether oxygens (including phenoxy) is 1. The number of carbonyl (C=O) groups is 2. The summed E-state index contributed by atoms with van der Waals surface area (Å²) < 4.78 is 13.0. The molecular weight excluding hydrogens is 398 g/mol. The van der Waals surface area contributed by atoms with E-state index >= 15 is 0 Å². The van der Waals surface area contributed by atoms with Crippen LogP contribution in [-0.2, 0) is 4.79 Å². The van der Waals surface area contributed by atoms with E-state index in [1.54, 1.807) is 30.6 Å². The molecule has 4 aromatic rings. The first kappa shape index (κ1) is 19.2. The second kappa shape index (κ2) is 7.82. The van der Waals surface area contributed by atoms with Gasteiger partial charge in [-0.05, 0) is 31.7 Å². The van der Waals surface area contributed by atoms with Crippen LogP contribution < -0.4 is 10.1 Å². The lowest BCUT2D eigenvalue weighted by molar-refractivity contribution is -0.112. The van der Waals surface area contributed by atoms with Gasteiger partial charge >= 0.3 is 0 Å². The van der Waals surface area contributed by atoms with Gasteiger partial charge in [-0.3, -0.25) is 4.79 Å². The van der Waals surface area contributed by atoms with Crippen LogP contribution in [0, 0.1) is 5.92 Å². The molecule has 1 fully saturated rings. The number of hydrogen-bond acceptors (Lipinski definition) is 7. The number of aldehydes is 1. The van der Waals surface area contributed by atoms with E-state index in [0.717, 1.165) is 32.0 Å². The predicted octanol–water partition coefficient (Wildman–Crippen LogP) is 3.60. The first-order valence-corrected chi connectivity index (χ1v) is 10.2. The van der Waals surface area contributed by atoms with E-state index in [-0.39, 0.29) is 17.7 Å². The quantitative estimate of drug-likeness (QED) is 0.492. The van der Waals surface area contributed by atoms with Crippen molar-refractivity contribution in [2.24, 2.45) is 5.92 Å². The minimum Gasteiger partial charge on any atom is -0.494 e. The smallest absolute Gasteiger partial charge is 0.261 e. The van der Waals surface area contributed by atoms with Crippen LogP contribution >= 0.6 is 0 Å². The minimum atomic E-state index is -0.349. The van der Waals surface area contributed by atoms with Crippen molar-refractivity contribution in [3.63, 3.8) is 0 Å². The number of anilines is 1. The zero-order valence-electron chi connectivity index (χ0n) is 16.9. The largest absolute Gasteiger partial charge is 0.494 e. The van der Waals surface area contributed by atoms with E-state index in [9.17, 15) is 9.59 Å². The Balaban J connectivity index is 1.43. The first-order chi connectivity index (χ1) is 15.2. The highest BCUT2D eigenvalue weighted by atomic mass is 16.5. The van der Waals surface area contributed by atoms with Crippen LogP contribution in [0.2, 0.25) is 0 Å². The fraction of sp³-hybridized carbons (Fsp3) is 0.318. The molecule has 31 heavy (non-hydrogen) atoms. The van der Waals surface area contributed by atoms with E-state index < -0.39 is 0 Å². The minimum absolute atomic E-state index is 0.136. The monoisotopic (exact) mass is 419 g/mol. The second-order valence-corrected chi connectivity index (χ2v) is 7.72. The second-order valence-electron chi connectivity index (χ2n) is 7.72. The molecule has 1 saturated carbocycles. The van der Waals surface area contributed by atoms with Crippen molar-refractivity contribution in [3.05, 3.63) is 48.2 Å². The summed E-state index contributed by atoms with van der Waals surface area (Å²) in [5, 5.41) is 7.02. The molecule has 1 aromatic carbocycles. The standard InChI is InChI=1S/C22H21N5O4/c1-30-18-9-17-19(31-22(26-17)14-5-3-13(12-28)4-6-14)10-16(18)25-21(29)15-11-24-27-8-2-7-23-20(15)27/h2,7-14H,3-6H2,1H3,(H,25,29)/t13-,14-. The van der Waals surface area contributed by atoms with Crippen LogP contribution in [0.4, 0.5) is 5.69 Å². The van der Waals surface area contributed by atoms with E-state index in [4.69, 9.17) is 9.15 Å². The van der Waals surface area contributed by atoms with Gasteiger partial charge in [0.05, 0.1) is 19.0 Å². The number of aromatic nitrogens is 4. The van der Waals surface area contributed by atoms with Crippen molar-refractivity contribution in [2.45, 2.75) is 31.6 Å². The molecular formula is C22H21N5O4. The molecule has 0 atom stereocenters. The van der Waals surface area contributed by atoms with Crippen LogP contribution in [0.5, 0.6) is 5.75 Å². The van der Waals surface area contributed by atoms with E-state index in [0.29, 0.717) is 39.6 Å².